The molecule has 1 heterocycles. The normalized spacial score (nSPS) is 9.38. The summed E-state index contributed by atoms with van der Waals surface area (Å²) in [6, 6.07) is 1.93. The molecular weight excluding hydrogens is 162 g/mol. The molecule has 1 N–H and O–H groups in total. The highest BCUT2D eigenvalue weighted by molar-refractivity contribution is 5.27. The lowest BCUT2D eigenvalue weighted by Gasteiger charge is -1.95. The maximum atomic E-state index is 4.13. The van der Waals surface area contributed by atoms with Gasteiger partial charge in [0, 0.05) is 6.54 Å². The molecule has 0 saturated heterocycles. The average Bonchev–Trinajstić information content (AvgIpc) is 2.60. The highest BCUT2D eigenvalue weighted by Crippen LogP contribution is 1.94. The molecule has 13 heavy (non-hydrogen) atoms. The zero-order chi connectivity index (χ0) is 9.52. The van der Waals surface area contributed by atoms with E-state index in [4.69, 9.17) is 0 Å². The van der Waals surface area contributed by atoms with Gasteiger partial charge < -0.3 is 5.32 Å². The Labute approximate surface area is 79.1 Å². The van der Waals surface area contributed by atoms with Gasteiger partial charge in [-0.25, -0.2) is 0 Å². The summed E-state index contributed by atoms with van der Waals surface area (Å²) < 4.78 is 1.89. The summed E-state index contributed by atoms with van der Waals surface area (Å²) in [6.45, 7) is 6.70. The summed E-state index contributed by atoms with van der Waals surface area (Å²) in [7, 11) is 0. The van der Waals surface area contributed by atoms with Crippen LogP contribution >= 0.6 is 0 Å². The monoisotopic (exact) mass is 177 g/mol. The predicted octanol–water partition coefficient (Wildman–Crippen LogP) is 0.864. The number of hydrogen-bond acceptors (Lipinski definition) is 2. The molecule has 0 bridgehead atoms. The van der Waals surface area contributed by atoms with Crippen molar-refractivity contribution in [3.63, 3.8) is 0 Å². The van der Waals surface area contributed by atoms with E-state index in [9.17, 15) is 0 Å². The Morgan fingerprint density at radius 3 is 3.08 bits per heavy atom. The molecule has 0 aromatic carbocycles. The first-order valence-electron chi connectivity index (χ1n) is 4.59. The summed E-state index contributed by atoms with van der Waals surface area (Å²) in [5.74, 6) is 6.11. The van der Waals surface area contributed by atoms with E-state index in [1.54, 1.807) is 6.20 Å². The molecule has 0 amide bonds. The number of rotatable bonds is 3. The van der Waals surface area contributed by atoms with Gasteiger partial charge in [-0.05, 0) is 25.5 Å². The molecule has 3 nitrogen and oxygen atoms in total. The molecule has 0 spiro atoms. The molecule has 0 fully saturated rings. The maximum Gasteiger partial charge on any atom is 0.111 e. The minimum Gasteiger partial charge on any atom is -0.306 e. The Kier molecular flexibility index (Phi) is 4.07. The van der Waals surface area contributed by atoms with Crippen molar-refractivity contribution < 1.29 is 0 Å². The lowest BCUT2D eigenvalue weighted by Crippen LogP contribution is -2.12. The van der Waals surface area contributed by atoms with E-state index in [2.05, 4.69) is 36.1 Å². The van der Waals surface area contributed by atoms with E-state index >= 15 is 0 Å². The fourth-order valence-electron chi connectivity index (χ4n) is 1.01. The van der Waals surface area contributed by atoms with Crippen molar-refractivity contribution in [1.82, 2.24) is 15.1 Å². The van der Waals surface area contributed by atoms with Crippen LogP contribution in [0.3, 0.4) is 0 Å². The molecule has 0 aliphatic carbocycles. The zero-order valence-corrected chi connectivity index (χ0v) is 8.17. The van der Waals surface area contributed by atoms with E-state index in [1.165, 1.54) is 0 Å². The average molecular weight is 177 g/mol. The van der Waals surface area contributed by atoms with Gasteiger partial charge in [0.1, 0.15) is 5.69 Å². The quantitative estimate of drug-likeness (QED) is 0.548. The van der Waals surface area contributed by atoms with E-state index in [-0.39, 0.29) is 0 Å². The van der Waals surface area contributed by atoms with Crippen molar-refractivity contribution in [2.45, 2.75) is 20.4 Å². The molecule has 0 unspecified atom stereocenters. The minimum atomic E-state index is 0.741. The molecule has 1 aromatic rings. The minimum absolute atomic E-state index is 0.741. The highest BCUT2D eigenvalue weighted by Gasteiger charge is 1.93. The van der Waals surface area contributed by atoms with Gasteiger partial charge in [-0.2, -0.15) is 5.10 Å². The molecule has 1 rings (SSSR count). The molecule has 70 valence electrons. The van der Waals surface area contributed by atoms with Crippen LogP contribution in [-0.2, 0) is 6.54 Å². The van der Waals surface area contributed by atoms with Gasteiger partial charge in [0.05, 0.1) is 12.7 Å². The smallest absolute Gasteiger partial charge is 0.111 e. The Hall–Kier alpha value is -1.27. The Balaban J connectivity index is 2.55. The zero-order valence-electron chi connectivity index (χ0n) is 8.17. The lowest BCUT2D eigenvalue weighted by molar-refractivity contribution is 0.652. The van der Waals surface area contributed by atoms with Crippen LogP contribution in [0, 0.1) is 11.8 Å². The van der Waals surface area contributed by atoms with E-state index < -0.39 is 0 Å². The first-order chi connectivity index (χ1) is 6.38. The molecule has 1 aromatic heterocycles. The largest absolute Gasteiger partial charge is 0.306 e. The van der Waals surface area contributed by atoms with Crippen molar-refractivity contribution in [3.05, 3.63) is 18.0 Å². The molecule has 0 aliphatic heterocycles. The summed E-state index contributed by atoms with van der Waals surface area (Å²) in [6.07, 6.45) is 1.78. The van der Waals surface area contributed by atoms with Gasteiger partial charge in [0.15, 0.2) is 0 Å². The molecule has 0 aliphatic rings. The van der Waals surface area contributed by atoms with Crippen LogP contribution in [-0.4, -0.2) is 22.9 Å². The van der Waals surface area contributed by atoms with Gasteiger partial charge in [0.2, 0.25) is 0 Å². The summed E-state index contributed by atoms with van der Waals surface area (Å²) >= 11 is 0. The number of hydrogen-bond donors (Lipinski definition) is 1. The third kappa shape index (κ3) is 2.92. The Bertz CT molecular complexity index is 303. The topological polar surface area (TPSA) is 29.9 Å². The molecular formula is C10H15N3. The van der Waals surface area contributed by atoms with Gasteiger partial charge >= 0.3 is 0 Å². The summed E-state index contributed by atoms with van der Waals surface area (Å²) in [4.78, 5) is 0. The van der Waals surface area contributed by atoms with Crippen LogP contribution in [0.15, 0.2) is 12.3 Å². The third-order valence-electron chi connectivity index (χ3n) is 1.70. The van der Waals surface area contributed by atoms with E-state index in [1.807, 2.05) is 10.7 Å². The van der Waals surface area contributed by atoms with Crippen LogP contribution in [0.4, 0.5) is 0 Å². The number of nitrogens with one attached hydrogen (secondary N) is 1. The van der Waals surface area contributed by atoms with Crippen LogP contribution < -0.4 is 5.32 Å². The van der Waals surface area contributed by atoms with Crippen molar-refractivity contribution in [1.29, 1.82) is 0 Å². The van der Waals surface area contributed by atoms with E-state index in [0.717, 1.165) is 25.3 Å². The molecule has 0 radical (unpaired) electrons. The van der Waals surface area contributed by atoms with Crippen LogP contribution in [0.2, 0.25) is 0 Å². The molecule has 3 heteroatoms. The molecule has 0 saturated carbocycles. The summed E-state index contributed by atoms with van der Waals surface area (Å²) in [5, 5.41) is 7.27. The predicted molar refractivity (Wildman–Crippen MR) is 53.3 cm³/mol. The Morgan fingerprint density at radius 1 is 1.54 bits per heavy atom. The van der Waals surface area contributed by atoms with Crippen molar-refractivity contribution >= 4 is 0 Å². The number of aryl methyl sites for hydroxylation is 1. The molecule has 0 atom stereocenters. The van der Waals surface area contributed by atoms with Gasteiger partial charge in [0.25, 0.3) is 0 Å². The first-order valence-corrected chi connectivity index (χ1v) is 4.59. The van der Waals surface area contributed by atoms with Gasteiger partial charge in [-0.3, -0.25) is 4.68 Å². The second-order valence-corrected chi connectivity index (χ2v) is 2.61. The maximum absolute atomic E-state index is 4.13. The second kappa shape index (κ2) is 5.39. The van der Waals surface area contributed by atoms with Crippen LogP contribution in [0.1, 0.15) is 19.5 Å². The van der Waals surface area contributed by atoms with Crippen molar-refractivity contribution in [3.8, 4) is 11.8 Å². The second-order valence-electron chi connectivity index (χ2n) is 2.61. The number of aromatic nitrogens is 2. The SMILES string of the molecule is CCNCC#Cc1ccnn1CC. The third-order valence-corrected chi connectivity index (χ3v) is 1.70. The lowest BCUT2D eigenvalue weighted by atomic mass is 10.4. The fourth-order valence-corrected chi connectivity index (χ4v) is 1.01. The van der Waals surface area contributed by atoms with Crippen molar-refractivity contribution in [2.75, 3.05) is 13.1 Å². The van der Waals surface area contributed by atoms with Crippen LogP contribution in [0.5, 0.6) is 0 Å². The van der Waals surface area contributed by atoms with Gasteiger partial charge in [-0.15, -0.1) is 0 Å². The van der Waals surface area contributed by atoms with Gasteiger partial charge in [-0.1, -0.05) is 12.8 Å². The van der Waals surface area contributed by atoms with E-state index in [0.29, 0.717) is 0 Å². The standard InChI is InChI=1S/C10H15N3/c1-3-11-8-5-6-10-7-9-12-13(10)4-2/h7,9,11H,3-4,8H2,1-2H3. The van der Waals surface area contributed by atoms with Crippen molar-refractivity contribution in [2.24, 2.45) is 0 Å². The Morgan fingerprint density at radius 2 is 2.38 bits per heavy atom. The first kappa shape index (κ1) is 9.82. The summed E-state index contributed by atoms with van der Waals surface area (Å²) in [5.41, 5.74) is 0.986. The highest BCUT2D eigenvalue weighted by atomic mass is 15.3. The fraction of sp³-hybridized carbons (Fsp3) is 0.500. The van der Waals surface area contributed by atoms with Crippen LogP contribution in [0.25, 0.3) is 0 Å². The number of nitrogens with zero attached hydrogens (tertiary/aromatic N) is 2.